The summed E-state index contributed by atoms with van der Waals surface area (Å²) in [6, 6.07) is 0. The quantitative estimate of drug-likeness (QED) is 0.104. The second-order valence-electron chi connectivity index (χ2n) is 7.18. The lowest BCUT2D eigenvalue weighted by Crippen LogP contribution is -2.15. The molecule has 0 spiro atoms. The second kappa shape index (κ2) is 30.2. The van der Waals surface area contributed by atoms with Crippen LogP contribution in [0.5, 0.6) is 0 Å². The number of ether oxygens (including phenoxy) is 9. The van der Waals surface area contributed by atoms with E-state index in [1.165, 1.54) is 0 Å². The zero-order valence-corrected chi connectivity index (χ0v) is 22.4. The molecule has 1 atom stereocenters. The standard InChI is InChI=1S/C23H47BrO9/c1-3-23(2)22-33-21-20-32-19-18-31-17-16-30-15-14-29-13-12-28-11-10-27-9-8-26-7-6-25-5-4-24/h23H,3-22H2,1-2H3. The van der Waals surface area contributed by atoms with Crippen LogP contribution in [0.1, 0.15) is 20.3 Å². The summed E-state index contributed by atoms with van der Waals surface area (Å²) >= 11 is 3.30. The summed E-state index contributed by atoms with van der Waals surface area (Å²) in [5.74, 6) is 0.605. The van der Waals surface area contributed by atoms with E-state index in [9.17, 15) is 0 Å². The second-order valence-corrected chi connectivity index (χ2v) is 7.97. The van der Waals surface area contributed by atoms with Crippen LogP contribution in [-0.4, -0.2) is 124 Å². The first kappa shape index (κ1) is 33.1. The molecule has 0 N–H and O–H groups in total. The molecule has 9 nitrogen and oxygen atoms in total. The maximum atomic E-state index is 5.52. The average molecular weight is 548 g/mol. The third-order valence-electron chi connectivity index (χ3n) is 4.30. The Balaban J connectivity index is 3.01. The van der Waals surface area contributed by atoms with E-state index in [4.69, 9.17) is 42.6 Å². The predicted molar refractivity (Wildman–Crippen MR) is 131 cm³/mol. The molecule has 1 unspecified atom stereocenters. The van der Waals surface area contributed by atoms with E-state index in [0.717, 1.165) is 18.4 Å². The summed E-state index contributed by atoms with van der Waals surface area (Å²) in [6.45, 7) is 14.9. The van der Waals surface area contributed by atoms with Gasteiger partial charge in [0.05, 0.1) is 112 Å². The Morgan fingerprint density at radius 1 is 0.424 bits per heavy atom. The highest BCUT2D eigenvalue weighted by molar-refractivity contribution is 9.09. The molecule has 0 rings (SSSR count). The SMILES string of the molecule is CCC(C)COCCOCCOCCOCCOCCOCCOCCOCCOCCBr. The molecule has 0 saturated carbocycles. The Kier molecular flexibility index (Phi) is 30.3. The number of halogens is 1. The van der Waals surface area contributed by atoms with Crippen molar-refractivity contribution in [2.24, 2.45) is 5.92 Å². The van der Waals surface area contributed by atoms with Crippen LogP contribution < -0.4 is 0 Å². The molecule has 0 aromatic rings. The summed E-state index contributed by atoms with van der Waals surface area (Å²) < 4.78 is 48.8. The minimum absolute atomic E-state index is 0.537. The molecule has 0 radical (unpaired) electrons. The Morgan fingerprint density at radius 3 is 0.909 bits per heavy atom. The van der Waals surface area contributed by atoms with Crippen LogP contribution in [0.3, 0.4) is 0 Å². The van der Waals surface area contributed by atoms with Crippen molar-refractivity contribution in [3.63, 3.8) is 0 Å². The van der Waals surface area contributed by atoms with Gasteiger partial charge in [-0.2, -0.15) is 0 Å². The predicted octanol–water partition coefficient (Wildman–Crippen LogP) is 2.58. The van der Waals surface area contributed by atoms with Gasteiger partial charge in [0, 0.05) is 11.9 Å². The van der Waals surface area contributed by atoms with Gasteiger partial charge in [0.1, 0.15) is 0 Å². The van der Waals surface area contributed by atoms with Crippen molar-refractivity contribution >= 4 is 15.9 Å². The van der Waals surface area contributed by atoms with Gasteiger partial charge in [-0.05, 0) is 5.92 Å². The Morgan fingerprint density at radius 2 is 0.667 bits per heavy atom. The van der Waals surface area contributed by atoms with Gasteiger partial charge in [0.15, 0.2) is 0 Å². The number of rotatable bonds is 29. The van der Waals surface area contributed by atoms with E-state index in [-0.39, 0.29) is 0 Å². The largest absolute Gasteiger partial charge is 0.379 e. The highest BCUT2D eigenvalue weighted by Gasteiger charge is 1.98. The normalized spacial score (nSPS) is 12.5. The van der Waals surface area contributed by atoms with Crippen molar-refractivity contribution in [2.45, 2.75) is 20.3 Å². The first-order valence-electron chi connectivity index (χ1n) is 12.1. The summed E-state index contributed by atoms with van der Waals surface area (Å²) in [7, 11) is 0. The van der Waals surface area contributed by atoms with Crippen molar-refractivity contribution in [1.29, 1.82) is 0 Å². The maximum absolute atomic E-state index is 5.52. The van der Waals surface area contributed by atoms with Crippen LogP contribution in [-0.2, 0) is 42.6 Å². The summed E-state index contributed by atoms with van der Waals surface area (Å²) in [4.78, 5) is 0. The van der Waals surface area contributed by atoms with Crippen LogP contribution in [0.15, 0.2) is 0 Å². The molecular formula is C23H47BrO9. The Bertz CT molecular complexity index is 354. The average Bonchev–Trinajstić information content (AvgIpc) is 2.83. The number of alkyl halides is 1. The lowest BCUT2D eigenvalue weighted by molar-refractivity contribution is -0.0253. The lowest BCUT2D eigenvalue weighted by atomic mass is 10.1. The highest BCUT2D eigenvalue weighted by Crippen LogP contribution is 1.99. The Labute approximate surface area is 209 Å². The molecule has 0 fully saturated rings. The first-order chi connectivity index (χ1) is 16.3. The fourth-order valence-corrected chi connectivity index (χ4v) is 2.45. The van der Waals surface area contributed by atoms with E-state index in [1.54, 1.807) is 0 Å². The molecule has 10 heteroatoms. The molecule has 0 bridgehead atoms. The van der Waals surface area contributed by atoms with E-state index in [1.807, 2.05) is 0 Å². The van der Waals surface area contributed by atoms with Gasteiger partial charge in [-0.3, -0.25) is 0 Å². The van der Waals surface area contributed by atoms with Gasteiger partial charge in [-0.25, -0.2) is 0 Å². The molecule has 0 aromatic carbocycles. The summed E-state index contributed by atoms with van der Waals surface area (Å²) in [6.07, 6.45) is 1.14. The number of hydrogen-bond donors (Lipinski definition) is 0. The van der Waals surface area contributed by atoms with Crippen LogP contribution in [0, 0.1) is 5.92 Å². The third-order valence-corrected chi connectivity index (χ3v) is 4.62. The maximum Gasteiger partial charge on any atom is 0.0701 e. The van der Waals surface area contributed by atoms with Crippen molar-refractivity contribution < 1.29 is 42.6 Å². The minimum atomic E-state index is 0.537. The first-order valence-corrected chi connectivity index (χ1v) is 13.2. The van der Waals surface area contributed by atoms with Gasteiger partial charge in [-0.15, -0.1) is 0 Å². The molecule has 0 aromatic heterocycles. The van der Waals surface area contributed by atoms with Gasteiger partial charge in [0.2, 0.25) is 0 Å². The van der Waals surface area contributed by atoms with E-state index in [0.29, 0.717) is 118 Å². The fraction of sp³-hybridized carbons (Fsp3) is 1.00. The topological polar surface area (TPSA) is 83.1 Å². The number of hydrogen-bond acceptors (Lipinski definition) is 9. The molecule has 0 heterocycles. The lowest BCUT2D eigenvalue weighted by Gasteiger charge is -2.10. The van der Waals surface area contributed by atoms with Crippen molar-refractivity contribution in [2.75, 3.05) is 124 Å². The van der Waals surface area contributed by atoms with Gasteiger partial charge in [0.25, 0.3) is 0 Å². The van der Waals surface area contributed by atoms with Crippen LogP contribution in [0.25, 0.3) is 0 Å². The van der Waals surface area contributed by atoms with Crippen LogP contribution >= 0.6 is 15.9 Å². The molecule has 0 aliphatic carbocycles. The van der Waals surface area contributed by atoms with Crippen molar-refractivity contribution in [3.05, 3.63) is 0 Å². The summed E-state index contributed by atoms with van der Waals surface area (Å²) in [5.41, 5.74) is 0. The molecule has 0 aliphatic heterocycles. The van der Waals surface area contributed by atoms with Crippen LogP contribution in [0.4, 0.5) is 0 Å². The van der Waals surface area contributed by atoms with Gasteiger partial charge in [-0.1, -0.05) is 36.2 Å². The van der Waals surface area contributed by atoms with Crippen molar-refractivity contribution in [1.82, 2.24) is 0 Å². The molecular weight excluding hydrogens is 500 g/mol. The molecule has 0 amide bonds. The molecule has 0 saturated heterocycles. The minimum Gasteiger partial charge on any atom is -0.379 e. The van der Waals surface area contributed by atoms with Crippen molar-refractivity contribution in [3.8, 4) is 0 Å². The monoisotopic (exact) mass is 546 g/mol. The smallest absolute Gasteiger partial charge is 0.0701 e. The molecule has 33 heavy (non-hydrogen) atoms. The zero-order chi connectivity index (χ0) is 24.1. The molecule has 0 aliphatic rings. The van der Waals surface area contributed by atoms with E-state index < -0.39 is 0 Å². The van der Waals surface area contributed by atoms with Crippen LogP contribution in [0.2, 0.25) is 0 Å². The molecule has 200 valence electrons. The van der Waals surface area contributed by atoms with Gasteiger partial charge < -0.3 is 42.6 Å². The summed E-state index contributed by atoms with van der Waals surface area (Å²) in [5, 5.41) is 0.844. The zero-order valence-electron chi connectivity index (χ0n) is 20.8. The fourth-order valence-electron chi connectivity index (χ4n) is 2.22. The van der Waals surface area contributed by atoms with Gasteiger partial charge >= 0.3 is 0 Å². The third kappa shape index (κ3) is 30.1. The Hall–Kier alpha value is 0.120. The van der Waals surface area contributed by atoms with E-state index >= 15 is 0 Å². The van der Waals surface area contributed by atoms with E-state index in [2.05, 4.69) is 29.8 Å². The highest BCUT2D eigenvalue weighted by atomic mass is 79.9.